The van der Waals surface area contributed by atoms with Crippen molar-refractivity contribution in [2.24, 2.45) is 5.10 Å². The molecule has 0 aliphatic rings. The molecular formula is C23H21F3N2O2. The van der Waals surface area contributed by atoms with E-state index >= 15 is 0 Å². The number of hydrazone groups is 1. The molecule has 0 saturated heterocycles. The molecule has 0 aliphatic heterocycles. The van der Waals surface area contributed by atoms with Gasteiger partial charge in [0.25, 0.3) is 0 Å². The highest BCUT2D eigenvalue weighted by Gasteiger charge is 2.30. The molecule has 1 amide bonds. The van der Waals surface area contributed by atoms with Gasteiger partial charge < -0.3 is 4.74 Å². The van der Waals surface area contributed by atoms with E-state index in [2.05, 4.69) is 10.5 Å². The summed E-state index contributed by atoms with van der Waals surface area (Å²) in [6.07, 6.45) is -2.32. The van der Waals surface area contributed by atoms with Gasteiger partial charge in [0.1, 0.15) is 5.75 Å². The first-order valence-corrected chi connectivity index (χ1v) is 9.51. The number of amides is 1. The summed E-state index contributed by atoms with van der Waals surface area (Å²) in [6.45, 7) is 2.55. The summed E-state index contributed by atoms with van der Waals surface area (Å²) in [5, 5.41) is 5.92. The van der Waals surface area contributed by atoms with Gasteiger partial charge in [-0.05, 0) is 34.9 Å². The van der Waals surface area contributed by atoms with Crippen LogP contribution in [0.4, 0.5) is 13.2 Å². The van der Waals surface area contributed by atoms with Crippen LogP contribution in [0.1, 0.15) is 30.0 Å². The Morgan fingerprint density at radius 3 is 2.67 bits per heavy atom. The first kappa shape index (κ1) is 21.4. The third kappa shape index (κ3) is 5.37. The molecule has 0 unspecified atom stereocenters. The number of alkyl halides is 3. The molecule has 3 aromatic carbocycles. The van der Waals surface area contributed by atoms with Crippen LogP contribution in [-0.4, -0.2) is 18.7 Å². The first-order valence-electron chi connectivity index (χ1n) is 9.51. The summed E-state index contributed by atoms with van der Waals surface area (Å²) >= 11 is 0. The molecule has 0 saturated carbocycles. The number of nitrogens with one attached hydrogen (secondary N) is 1. The normalized spacial score (nSPS) is 11.7. The van der Waals surface area contributed by atoms with Crippen molar-refractivity contribution in [1.82, 2.24) is 5.43 Å². The average Bonchev–Trinajstić information content (AvgIpc) is 2.72. The molecule has 156 valence electrons. The van der Waals surface area contributed by atoms with E-state index in [0.717, 1.165) is 34.9 Å². The minimum Gasteiger partial charge on any atom is -0.493 e. The van der Waals surface area contributed by atoms with Gasteiger partial charge in [0, 0.05) is 5.56 Å². The molecule has 0 atom stereocenters. The van der Waals surface area contributed by atoms with Crippen LogP contribution in [0.15, 0.2) is 65.8 Å². The van der Waals surface area contributed by atoms with Gasteiger partial charge in [-0.15, -0.1) is 0 Å². The SMILES string of the molecule is CCCOc1ccc2ccccc2c1/C=N/NC(=O)Cc1cccc(C(F)(F)F)c1. The van der Waals surface area contributed by atoms with E-state index in [4.69, 9.17) is 4.74 Å². The number of hydrogen-bond acceptors (Lipinski definition) is 3. The van der Waals surface area contributed by atoms with Crippen LogP contribution >= 0.6 is 0 Å². The maximum absolute atomic E-state index is 12.8. The van der Waals surface area contributed by atoms with Crippen molar-refractivity contribution in [2.75, 3.05) is 6.61 Å². The molecule has 0 heterocycles. The number of halogens is 3. The van der Waals surface area contributed by atoms with E-state index in [1.807, 2.05) is 43.3 Å². The zero-order chi connectivity index (χ0) is 21.6. The minimum atomic E-state index is -4.45. The maximum atomic E-state index is 12.8. The molecule has 30 heavy (non-hydrogen) atoms. The molecule has 0 fully saturated rings. The summed E-state index contributed by atoms with van der Waals surface area (Å²) in [5.41, 5.74) is 2.57. The molecule has 3 rings (SSSR count). The zero-order valence-electron chi connectivity index (χ0n) is 16.4. The lowest BCUT2D eigenvalue weighted by Crippen LogP contribution is -2.20. The van der Waals surface area contributed by atoms with Crippen LogP contribution in [0.2, 0.25) is 0 Å². The molecule has 0 bridgehead atoms. The average molecular weight is 414 g/mol. The molecule has 0 aliphatic carbocycles. The van der Waals surface area contributed by atoms with Gasteiger partial charge >= 0.3 is 6.18 Å². The van der Waals surface area contributed by atoms with Crippen molar-refractivity contribution in [3.8, 4) is 5.75 Å². The number of benzene rings is 3. The summed E-state index contributed by atoms with van der Waals surface area (Å²) in [5.74, 6) is 0.133. The summed E-state index contributed by atoms with van der Waals surface area (Å²) in [4.78, 5) is 12.1. The molecule has 0 aromatic heterocycles. The van der Waals surface area contributed by atoms with Crippen molar-refractivity contribution < 1.29 is 22.7 Å². The van der Waals surface area contributed by atoms with Gasteiger partial charge in [0.2, 0.25) is 5.91 Å². The molecule has 4 nitrogen and oxygen atoms in total. The smallest absolute Gasteiger partial charge is 0.416 e. The van der Waals surface area contributed by atoms with E-state index in [0.29, 0.717) is 12.4 Å². The lowest BCUT2D eigenvalue weighted by atomic mass is 10.0. The van der Waals surface area contributed by atoms with Crippen LogP contribution < -0.4 is 10.2 Å². The van der Waals surface area contributed by atoms with Crippen molar-refractivity contribution >= 4 is 22.9 Å². The van der Waals surface area contributed by atoms with Crippen molar-refractivity contribution in [3.63, 3.8) is 0 Å². The molecule has 3 aromatic rings. The highest BCUT2D eigenvalue weighted by molar-refractivity contribution is 6.02. The molecule has 7 heteroatoms. The number of ether oxygens (including phenoxy) is 1. The third-order valence-corrected chi connectivity index (χ3v) is 4.39. The predicted molar refractivity (Wildman–Crippen MR) is 111 cm³/mol. The van der Waals surface area contributed by atoms with E-state index in [-0.39, 0.29) is 12.0 Å². The number of hydrogen-bond donors (Lipinski definition) is 1. The zero-order valence-corrected chi connectivity index (χ0v) is 16.4. The lowest BCUT2D eigenvalue weighted by Gasteiger charge is -2.11. The number of rotatable bonds is 7. The Kier molecular flexibility index (Phi) is 6.72. The Morgan fingerprint density at radius 1 is 1.10 bits per heavy atom. The van der Waals surface area contributed by atoms with Crippen molar-refractivity contribution in [2.45, 2.75) is 25.9 Å². The highest BCUT2D eigenvalue weighted by atomic mass is 19.4. The number of nitrogens with zero attached hydrogens (tertiary/aromatic N) is 1. The van der Waals surface area contributed by atoms with Gasteiger partial charge in [-0.3, -0.25) is 4.79 Å². The fraction of sp³-hybridized carbons (Fsp3) is 0.217. The van der Waals surface area contributed by atoms with Gasteiger partial charge in [-0.25, -0.2) is 5.43 Å². The topological polar surface area (TPSA) is 50.7 Å². The molecule has 0 spiro atoms. The summed E-state index contributed by atoms with van der Waals surface area (Å²) in [6, 6.07) is 16.2. The highest BCUT2D eigenvalue weighted by Crippen LogP contribution is 2.29. The number of carbonyl (C=O) groups is 1. The van der Waals surface area contributed by atoms with E-state index in [9.17, 15) is 18.0 Å². The molecule has 1 N–H and O–H groups in total. The number of fused-ring (bicyclic) bond motifs is 1. The fourth-order valence-corrected chi connectivity index (χ4v) is 3.00. The second-order valence-corrected chi connectivity index (χ2v) is 6.72. The van der Waals surface area contributed by atoms with Gasteiger partial charge in [-0.1, -0.05) is 55.5 Å². The number of carbonyl (C=O) groups excluding carboxylic acids is 1. The Hall–Kier alpha value is -3.35. The quantitative estimate of drug-likeness (QED) is 0.419. The Morgan fingerprint density at radius 2 is 1.90 bits per heavy atom. The van der Waals surface area contributed by atoms with Gasteiger partial charge in [-0.2, -0.15) is 18.3 Å². The standard InChI is InChI=1S/C23H21F3N2O2/c1-2-12-30-21-11-10-17-7-3-4-9-19(17)20(21)15-27-28-22(29)14-16-6-5-8-18(13-16)23(24,25)26/h3-11,13,15H,2,12,14H2,1H3,(H,28,29)/b27-15+. The first-order chi connectivity index (χ1) is 14.4. The Bertz CT molecular complexity index is 1060. The second-order valence-electron chi connectivity index (χ2n) is 6.72. The summed E-state index contributed by atoms with van der Waals surface area (Å²) in [7, 11) is 0. The molecular weight excluding hydrogens is 393 g/mol. The summed E-state index contributed by atoms with van der Waals surface area (Å²) < 4.78 is 44.2. The van der Waals surface area contributed by atoms with Crippen LogP contribution in [0.3, 0.4) is 0 Å². The van der Waals surface area contributed by atoms with Crippen LogP contribution in [-0.2, 0) is 17.4 Å². The van der Waals surface area contributed by atoms with Crippen LogP contribution in [0.5, 0.6) is 5.75 Å². The fourth-order valence-electron chi connectivity index (χ4n) is 3.00. The van der Waals surface area contributed by atoms with Gasteiger partial charge in [0.15, 0.2) is 0 Å². The van der Waals surface area contributed by atoms with Crippen LogP contribution in [0, 0.1) is 0 Å². The largest absolute Gasteiger partial charge is 0.493 e. The van der Waals surface area contributed by atoms with Crippen molar-refractivity contribution in [3.05, 3.63) is 77.4 Å². The van der Waals surface area contributed by atoms with E-state index < -0.39 is 17.6 Å². The Labute approximate surface area is 172 Å². The second kappa shape index (κ2) is 9.43. The van der Waals surface area contributed by atoms with Gasteiger partial charge in [0.05, 0.1) is 24.8 Å². The predicted octanol–water partition coefficient (Wildman–Crippen LogP) is 5.34. The maximum Gasteiger partial charge on any atom is 0.416 e. The monoisotopic (exact) mass is 414 g/mol. The van der Waals surface area contributed by atoms with E-state index in [1.54, 1.807) is 0 Å². The lowest BCUT2D eigenvalue weighted by molar-refractivity contribution is -0.137. The van der Waals surface area contributed by atoms with Crippen molar-refractivity contribution in [1.29, 1.82) is 0 Å². The minimum absolute atomic E-state index is 0.212. The third-order valence-electron chi connectivity index (χ3n) is 4.39. The Balaban J connectivity index is 1.75. The van der Waals surface area contributed by atoms with E-state index in [1.165, 1.54) is 18.3 Å². The molecule has 0 radical (unpaired) electrons. The van der Waals surface area contributed by atoms with Crippen LogP contribution in [0.25, 0.3) is 10.8 Å².